The van der Waals surface area contributed by atoms with Gasteiger partial charge in [-0.2, -0.15) is 9.36 Å². The normalized spacial score (nSPS) is 20.2. The highest BCUT2D eigenvalue weighted by Crippen LogP contribution is 2.40. The Balaban J connectivity index is 1.53. The Morgan fingerprint density at radius 1 is 1.45 bits per heavy atom. The Bertz CT molecular complexity index is 1180. The topological polar surface area (TPSA) is 167 Å². The highest BCUT2D eigenvalue weighted by molar-refractivity contribution is 9.10. The lowest BCUT2D eigenvalue weighted by molar-refractivity contribution is -0.689. The van der Waals surface area contributed by atoms with Gasteiger partial charge in [-0.1, -0.05) is 21.1 Å². The average molecular weight is 554 g/mol. The van der Waals surface area contributed by atoms with Crippen LogP contribution in [-0.2, 0) is 25.8 Å². The minimum Gasteiger partial charge on any atom is -0.543 e. The number of nitrogens with zero attached hydrogens (tertiary/aromatic N) is 5. The number of carbonyl (C=O) groups excluding carboxylic acids is 3. The van der Waals surface area contributed by atoms with Crippen LogP contribution in [0.3, 0.4) is 0 Å². The molecule has 3 N–H and O–H groups in total. The van der Waals surface area contributed by atoms with E-state index in [4.69, 9.17) is 10.6 Å². The molecular formula is C18H16BrN7O5S2. The van der Waals surface area contributed by atoms with Crippen LogP contribution in [-0.4, -0.2) is 62.0 Å². The summed E-state index contributed by atoms with van der Waals surface area (Å²) in [4.78, 5) is 47.3. The number of pyridine rings is 1. The van der Waals surface area contributed by atoms with Gasteiger partial charge in [-0.05, 0) is 0 Å². The van der Waals surface area contributed by atoms with Crippen LogP contribution in [0.1, 0.15) is 5.82 Å². The van der Waals surface area contributed by atoms with Crippen molar-refractivity contribution in [1.29, 1.82) is 0 Å². The second-order valence-electron chi connectivity index (χ2n) is 6.87. The summed E-state index contributed by atoms with van der Waals surface area (Å²) in [7, 11) is 1.25. The highest BCUT2D eigenvalue weighted by atomic mass is 79.9. The van der Waals surface area contributed by atoms with Gasteiger partial charge in [0.25, 0.3) is 11.8 Å². The van der Waals surface area contributed by atoms with Crippen molar-refractivity contribution in [3.05, 3.63) is 46.1 Å². The summed E-state index contributed by atoms with van der Waals surface area (Å²) in [5.74, 6) is -2.46. The van der Waals surface area contributed by atoms with Crippen molar-refractivity contribution in [2.75, 3.05) is 18.6 Å². The molecule has 2 aliphatic heterocycles. The van der Waals surface area contributed by atoms with Crippen LogP contribution < -0.4 is 20.7 Å². The molecule has 33 heavy (non-hydrogen) atoms. The minimum absolute atomic E-state index is 0.0408. The van der Waals surface area contributed by atoms with Crippen molar-refractivity contribution in [1.82, 2.24) is 19.6 Å². The van der Waals surface area contributed by atoms with Gasteiger partial charge in [0.15, 0.2) is 24.1 Å². The Labute approximate surface area is 203 Å². The predicted molar refractivity (Wildman–Crippen MR) is 119 cm³/mol. The molecule has 12 nitrogen and oxygen atoms in total. The van der Waals surface area contributed by atoms with E-state index in [1.807, 2.05) is 12.1 Å². The maximum Gasteiger partial charge on any atom is 0.278 e. The minimum atomic E-state index is -1.45. The van der Waals surface area contributed by atoms with Crippen molar-refractivity contribution in [2.24, 2.45) is 5.16 Å². The van der Waals surface area contributed by atoms with E-state index in [-0.39, 0.29) is 28.9 Å². The summed E-state index contributed by atoms with van der Waals surface area (Å²) < 4.78 is 6.62. The second kappa shape index (κ2) is 9.44. The number of nitrogens with one attached hydrogen (secondary N) is 1. The Kier molecular flexibility index (Phi) is 6.62. The summed E-state index contributed by atoms with van der Waals surface area (Å²) in [5.41, 5.74) is 5.67. The summed E-state index contributed by atoms with van der Waals surface area (Å²) in [6.45, 7) is 0.276. The quantitative estimate of drug-likeness (QED) is 0.182. The number of fused-ring (bicyclic) bond motifs is 1. The third-order valence-electron chi connectivity index (χ3n) is 4.80. The van der Waals surface area contributed by atoms with E-state index in [1.165, 1.54) is 18.9 Å². The van der Waals surface area contributed by atoms with E-state index in [0.717, 1.165) is 20.9 Å². The molecule has 2 atom stereocenters. The SMILES string of the molecule is CO/N=C(\C(=O)N[C@@H]1C(=O)N2C(C(=O)[O-])=C(C[n+]3ccc(Br)cc3)CS[C@@H]12)c1nsc(N)n1. The Morgan fingerprint density at radius 3 is 2.79 bits per heavy atom. The number of hydrogen-bond acceptors (Lipinski definition) is 11. The Morgan fingerprint density at radius 2 is 2.18 bits per heavy atom. The van der Waals surface area contributed by atoms with E-state index >= 15 is 0 Å². The van der Waals surface area contributed by atoms with Gasteiger partial charge in [0.2, 0.25) is 11.5 Å². The maximum absolute atomic E-state index is 12.8. The fourth-order valence-corrected chi connectivity index (χ4v) is 5.38. The molecule has 0 aliphatic carbocycles. The summed E-state index contributed by atoms with van der Waals surface area (Å²) in [6, 6.07) is 2.68. The molecule has 4 rings (SSSR count). The summed E-state index contributed by atoms with van der Waals surface area (Å²) >= 11 is 5.57. The zero-order chi connectivity index (χ0) is 23.7. The summed E-state index contributed by atoms with van der Waals surface area (Å²) in [6.07, 6.45) is 3.58. The molecule has 2 amide bonds. The first kappa shape index (κ1) is 23.1. The number of amides is 2. The lowest BCUT2D eigenvalue weighted by Gasteiger charge is -2.50. The van der Waals surface area contributed by atoms with Gasteiger partial charge in [-0.3, -0.25) is 14.5 Å². The fraction of sp³-hybridized carbons (Fsp3) is 0.278. The lowest BCUT2D eigenvalue weighted by Crippen LogP contribution is -2.71. The molecule has 0 bridgehead atoms. The number of rotatable bonds is 7. The molecule has 2 aliphatic rings. The number of carboxylic acids is 1. The molecule has 0 radical (unpaired) electrons. The molecule has 2 aromatic rings. The molecule has 0 saturated carbocycles. The van der Waals surface area contributed by atoms with Crippen LogP contribution in [0.2, 0.25) is 0 Å². The van der Waals surface area contributed by atoms with Crippen molar-refractivity contribution in [2.45, 2.75) is 18.0 Å². The molecule has 0 spiro atoms. The lowest BCUT2D eigenvalue weighted by atomic mass is 10.0. The fourth-order valence-electron chi connectivity index (χ4n) is 3.37. The van der Waals surface area contributed by atoms with Crippen LogP contribution >= 0.6 is 39.2 Å². The van der Waals surface area contributed by atoms with Crippen molar-refractivity contribution >= 4 is 67.9 Å². The molecule has 1 saturated heterocycles. The van der Waals surface area contributed by atoms with Crippen LogP contribution in [0.15, 0.2) is 45.4 Å². The monoisotopic (exact) mass is 553 g/mol. The number of nitrogens with two attached hydrogens (primary N) is 1. The molecule has 0 unspecified atom stereocenters. The number of halogens is 1. The largest absolute Gasteiger partial charge is 0.543 e. The van der Waals surface area contributed by atoms with Crippen LogP contribution in [0.4, 0.5) is 5.13 Å². The number of carbonyl (C=O) groups is 3. The third kappa shape index (κ3) is 4.56. The first-order valence-electron chi connectivity index (χ1n) is 9.34. The maximum atomic E-state index is 12.8. The number of oxime groups is 1. The number of aliphatic carboxylic acids is 1. The predicted octanol–water partition coefficient (Wildman–Crippen LogP) is -1.38. The molecule has 4 heterocycles. The number of aromatic nitrogens is 3. The van der Waals surface area contributed by atoms with E-state index in [9.17, 15) is 19.5 Å². The first-order valence-corrected chi connectivity index (χ1v) is 12.0. The van der Waals surface area contributed by atoms with E-state index < -0.39 is 29.2 Å². The van der Waals surface area contributed by atoms with Gasteiger partial charge in [0.05, 0.1) is 11.7 Å². The molecule has 2 aromatic heterocycles. The number of nitrogen functional groups attached to an aromatic ring is 1. The molecule has 15 heteroatoms. The number of carboxylic acid groups (broad SMARTS) is 1. The first-order chi connectivity index (χ1) is 15.8. The van der Waals surface area contributed by atoms with Gasteiger partial charge < -0.3 is 25.8 Å². The van der Waals surface area contributed by atoms with Gasteiger partial charge in [-0.25, -0.2) is 4.57 Å². The molecular weight excluding hydrogens is 538 g/mol. The third-order valence-corrected chi connectivity index (χ3v) is 7.21. The van der Waals surface area contributed by atoms with Crippen molar-refractivity contribution in [3.8, 4) is 0 Å². The standard InChI is InChI=1S/C18H16BrN7O5S2/c1-31-23-10(13-22-18(20)33-24-13)14(27)21-11-15(28)26-12(17(29)30)8(7-32-16(11)26)6-25-4-2-9(19)3-5-25/h2-5,11,16H,6-7H2,1H3,(H3-,20,21,22,24,27,29,30)/b23-10-/t11-,16+/m1/s1. The molecule has 172 valence electrons. The number of hydrogen-bond donors (Lipinski definition) is 2. The second-order valence-corrected chi connectivity index (χ2v) is 9.67. The zero-order valence-electron chi connectivity index (χ0n) is 16.9. The van der Waals surface area contributed by atoms with Crippen LogP contribution in [0.25, 0.3) is 0 Å². The number of anilines is 1. The van der Waals surface area contributed by atoms with Crippen molar-refractivity contribution < 1.29 is 28.9 Å². The number of β-lactam (4-membered cyclic amide) rings is 1. The summed E-state index contributed by atoms with van der Waals surface area (Å²) in [5, 5.41) is 17.6. The highest BCUT2D eigenvalue weighted by Gasteiger charge is 2.53. The van der Waals surface area contributed by atoms with Gasteiger partial charge in [-0.15, -0.1) is 11.8 Å². The van der Waals surface area contributed by atoms with Crippen LogP contribution in [0.5, 0.6) is 0 Å². The van der Waals surface area contributed by atoms with E-state index in [1.54, 1.807) is 17.0 Å². The van der Waals surface area contributed by atoms with Crippen LogP contribution in [0, 0.1) is 0 Å². The molecule has 0 aromatic carbocycles. The molecule has 1 fully saturated rings. The Hall–Kier alpha value is -3.04. The van der Waals surface area contributed by atoms with Crippen molar-refractivity contribution in [3.63, 3.8) is 0 Å². The van der Waals surface area contributed by atoms with E-state index in [0.29, 0.717) is 11.3 Å². The average Bonchev–Trinajstić information content (AvgIpc) is 3.22. The van der Waals surface area contributed by atoms with E-state index in [2.05, 4.69) is 35.8 Å². The smallest absolute Gasteiger partial charge is 0.278 e. The van der Waals surface area contributed by atoms with Gasteiger partial charge in [0, 0.05) is 39.5 Å². The number of thioether (sulfide) groups is 1. The zero-order valence-corrected chi connectivity index (χ0v) is 20.1. The van der Waals surface area contributed by atoms with Gasteiger partial charge >= 0.3 is 0 Å². The van der Waals surface area contributed by atoms with Gasteiger partial charge in [0.1, 0.15) is 18.5 Å².